The third-order valence-electron chi connectivity index (χ3n) is 3.75. The fourth-order valence-electron chi connectivity index (χ4n) is 2.45. The maximum atomic E-state index is 13.2. The largest absolute Gasteiger partial charge is 0.354 e. The summed E-state index contributed by atoms with van der Waals surface area (Å²) < 4.78 is 40.8. The first-order valence-corrected chi connectivity index (χ1v) is 9.40. The second kappa shape index (κ2) is 7.13. The van der Waals surface area contributed by atoms with Crippen LogP contribution in [-0.4, -0.2) is 13.4 Å². The molecule has 0 saturated carbocycles. The smallest absolute Gasteiger partial charge is 0.263 e. The topological polar surface area (TPSA) is 71.1 Å². The molecule has 0 aliphatic carbocycles. The van der Waals surface area contributed by atoms with Crippen LogP contribution in [0.2, 0.25) is 0 Å². The minimum atomic E-state index is -3.73. The van der Waals surface area contributed by atoms with Crippen molar-refractivity contribution in [2.24, 2.45) is 0 Å². The van der Waals surface area contributed by atoms with E-state index in [-0.39, 0.29) is 16.5 Å². The van der Waals surface area contributed by atoms with E-state index in [1.165, 1.54) is 18.3 Å². The highest BCUT2D eigenvalue weighted by Gasteiger charge is 2.17. The molecule has 134 valence electrons. The number of hydrogen-bond acceptors (Lipinski definition) is 4. The van der Waals surface area contributed by atoms with E-state index in [2.05, 4.69) is 15.0 Å². The number of hydrogen-bond donors (Lipinski definition) is 2. The van der Waals surface area contributed by atoms with Crippen LogP contribution >= 0.6 is 0 Å². The molecule has 1 heterocycles. The Hall–Kier alpha value is -2.93. The van der Waals surface area contributed by atoms with Crippen molar-refractivity contribution < 1.29 is 12.8 Å². The second-order valence-corrected chi connectivity index (χ2v) is 7.59. The zero-order chi connectivity index (χ0) is 18.7. The Kier molecular flexibility index (Phi) is 4.90. The Bertz CT molecular complexity index is 1030. The van der Waals surface area contributed by atoms with E-state index in [0.717, 1.165) is 5.56 Å². The molecule has 3 rings (SSSR count). The van der Waals surface area contributed by atoms with Crippen LogP contribution in [0.4, 0.5) is 21.6 Å². The number of rotatable bonds is 5. The molecule has 2 N–H and O–H groups in total. The molecule has 0 radical (unpaired) electrons. The van der Waals surface area contributed by atoms with E-state index < -0.39 is 10.0 Å². The van der Waals surface area contributed by atoms with Gasteiger partial charge in [-0.15, -0.1) is 0 Å². The van der Waals surface area contributed by atoms with Gasteiger partial charge >= 0.3 is 0 Å². The molecule has 0 unspecified atom stereocenters. The number of anilines is 3. The summed E-state index contributed by atoms with van der Waals surface area (Å²) in [7, 11) is -3.73. The van der Waals surface area contributed by atoms with Gasteiger partial charge in [0.1, 0.15) is 11.6 Å². The predicted octanol–water partition coefficient (Wildman–Crippen LogP) is 4.38. The number of halogens is 1. The van der Waals surface area contributed by atoms with E-state index in [9.17, 15) is 12.8 Å². The summed E-state index contributed by atoms with van der Waals surface area (Å²) in [6, 6.07) is 14.5. The number of sulfonamides is 1. The SMILES string of the molecule is Cc1ccc(C)c(S(=O)(=O)Nc2ccc(Nc3cccc(F)c3)cn2)c1. The standard InChI is InChI=1S/C19H18FN3O2S/c1-13-6-7-14(2)18(10-13)26(24,25)23-19-9-8-17(12-21-19)22-16-5-3-4-15(20)11-16/h3-12,22H,1-2H3,(H,21,23). The van der Waals surface area contributed by atoms with Crippen molar-refractivity contribution >= 4 is 27.2 Å². The number of benzene rings is 2. The summed E-state index contributed by atoms with van der Waals surface area (Å²) in [6.45, 7) is 3.58. The Balaban J connectivity index is 1.77. The van der Waals surface area contributed by atoms with Crippen molar-refractivity contribution in [2.75, 3.05) is 10.0 Å². The molecule has 7 heteroatoms. The lowest BCUT2D eigenvalue weighted by Crippen LogP contribution is -2.15. The van der Waals surface area contributed by atoms with E-state index in [0.29, 0.717) is 16.9 Å². The fraction of sp³-hybridized carbons (Fsp3) is 0.105. The molecule has 0 aliphatic heterocycles. The van der Waals surface area contributed by atoms with Crippen LogP contribution < -0.4 is 10.0 Å². The molecule has 0 bridgehead atoms. The average molecular weight is 371 g/mol. The summed E-state index contributed by atoms with van der Waals surface area (Å²) in [5, 5.41) is 3.00. The first kappa shape index (κ1) is 17.9. The predicted molar refractivity (Wildman–Crippen MR) is 101 cm³/mol. The second-order valence-electron chi connectivity index (χ2n) is 5.94. The van der Waals surface area contributed by atoms with Crippen molar-refractivity contribution in [1.29, 1.82) is 0 Å². The number of aryl methyl sites for hydroxylation is 2. The Morgan fingerprint density at radius 3 is 2.46 bits per heavy atom. The van der Waals surface area contributed by atoms with Gasteiger partial charge in [-0.2, -0.15) is 0 Å². The van der Waals surface area contributed by atoms with Crippen LogP contribution in [0.3, 0.4) is 0 Å². The highest BCUT2D eigenvalue weighted by Crippen LogP contribution is 2.21. The highest BCUT2D eigenvalue weighted by atomic mass is 32.2. The van der Waals surface area contributed by atoms with Gasteiger partial charge in [-0.3, -0.25) is 4.72 Å². The lowest BCUT2D eigenvalue weighted by molar-refractivity contribution is 0.600. The lowest BCUT2D eigenvalue weighted by Gasteiger charge is -2.11. The van der Waals surface area contributed by atoms with Crippen molar-refractivity contribution in [3.8, 4) is 0 Å². The quantitative estimate of drug-likeness (QED) is 0.698. The van der Waals surface area contributed by atoms with Crippen molar-refractivity contribution in [1.82, 2.24) is 4.98 Å². The minimum absolute atomic E-state index is 0.204. The van der Waals surface area contributed by atoms with Crippen molar-refractivity contribution in [2.45, 2.75) is 18.7 Å². The van der Waals surface area contributed by atoms with Gasteiger partial charge in [0.05, 0.1) is 16.8 Å². The minimum Gasteiger partial charge on any atom is -0.354 e. The first-order chi connectivity index (χ1) is 12.3. The van der Waals surface area contributed by atoms with Crippen LogP contribution in [0.1, 0.15) is 11.1 Å². The molecule has 5 nitrogen and oxygen atoms in total. The van der Waals surface area contributed by atoms with Crippen LogP contribution in [0.25, 0.3) is 0 Å². The number of aromatic nitrogens is 1. The van der Waals surface area contributed by atoms with Crippen LogP contribution in [-0.2, 0) is 10.0 Å². The summed E-state index contributed by atoms with van der Waals surface area (Å²) in [5.74, 6) is -0.142. The molecule has 0 atom stereocenters. The Morgan fingerprint density at radius 2 is 1.77 bits per heavy atom. The van der Waals surface area contributed by atoms with E-state index in [4.69, 9.17) is 0 Å². The summed E-state index contributed by atoms with van der Waals surface area (Å²) in [6.07, 6.45) is 1.48. The summed E-state index contributed by atoms with van der Waals surface area (Å²) in [5.41, 5.74) is 2.71. The molecular formula is C19H18FN3O2S. The average Bonchev–Trinajstić information content (AvgIpc) is 2.58. The van der Waals surface area contributed by atoms with Gasteiger partial charge in [0.2, 0.25) is 0 Å². The maximum Gasteiger partial charge on any atom is 0.263 e. The number of pyridine rings is 1. The van der Waals surface area contributed by atoms with Crippen LogP contribution in [0.15, 0.2) is 65.7 Å². The monoisotopic (exact) mass is 371 g/mol. The molecule has 26 heavy (non-hydrogen) atoms. The Labute approximate surface area is 152 Å². The molecule has 2 aromatic carbocycles. The molecule has 3 aromatic rings. The molecule has 1 aromatic heterocycles. The van der Waals surface area contributed by atoms with Gasteiger partial charge in [0.25, 0.3) is 10.0 Å². The fourth-order valence-corrected chi connectivity index (χ4v) is 3.79. The van der Waals surface area contributed by atoms with E-state index >= 15 is 0 Å². The van der Waals surface area contributed by atoms with Gasteiger partial charge in [-0.1, -0.05) is 18.2 Å². The third kappa shape index (κ3) is 4.18. The normalized spacial score (nSPS) is 11.2. The maximum absolute atomic E-state index is 13.2. The molecular weight excluding hydrogens is 353 g/mol. The molecule has 0 spiro atoms. The lowest BCUT2D eigenvalue weighted by atomic mass is 10.2. The van der Waals surface area contributed by atoms with Gasteiger partial charge in [0.15, 0.2) is 0 Å². The zero-order valence-corrected chi connectivity index (χ0v) is 15.1. The summed E-state index contributed by atoms with van der Waals surface area (Å²) in [4.78, 5) is 4.34. The van der Waals surface area contributed by atoms with Gasteiger partial charge < -0.3 is 5.32 Å². The first-order valence-electron chi connectivity index (χ1n) is 7.92. The van der Waals surface area contributed by atoms with E-state index in [1.54, 1.807) is 43.3 Å². The number of nitrogens with zero attached hydrogens (tertiary/aromatic N) is 1. The highest BCUT2D eigenvalue weighted by molar-refractivity contribution is 7.92. The third-order valence-corrected chi connectivity index (χ3v) is 5.25. The van der Waals surface area contributed by atoms with Crippen LogP contribution in [0, 0.1) is 19.7 Å². The van der Waals surface area contributed by atoms with Crippen molar-refractivity contribution in [3.63, 3.8) is 0 Å². The van der Waals surface area contributed by atoms with Gasteiger partial charge in [0, 0.05) is 5.69 Å². The number of nitrogens with one attached hydrogen (secondary N) is 2. The van der Waals surface area contributed by atoms with Crippen molar-refractivity contribution in [3.05, 3.63) is 77.7 Å². The summed E-state index contributed by atoms with van der Waals surface area (Å²) >= 11 is 0. The molecule has 0 aliphatic rings. The zero-order valence-electron chi connectivity index (χ0n) is 14.3. The molecule has 0 fully saturated rings. The van der Waals surface area contributed by atoms with E-state index in [1.807, 2.05) is 13.0 Å². The van der Waals surface area contributed by atoms with Crippen LogP contribution in [0.5, 0.6) is 0 Å². The van der Waals surface area contributed by atoms with Gasteiger partial charge in [-0.25, -0.2) is 17.8 Å². The molecule has 0 saturated heterocycles. The Morgan fingerprint density at radius 1 is 0.962 bits per heavy atom. The molecule has 0 amide bonds. The van der Waals surface area contributed by atoms with Gasteiger partial charge in [-0.05, 0) is 61.4 Å².